The molecule has 0 aromatic heterocycles. The Balaban J connectivity index is 3.44. The molecule has 0 aliphatic heterocycles. The molecule has 0 radical (unpaired) electrons. The molecule has 0 spiro atoms. The topological polar surface area (TPSA) is 17.1 Å². The van der Waals surface area contributed by atoms with E-state index in [1.165, 1.54) is 6.07 Å². The van der Waals surface area contributed by atoms with E-state index in [0.717, 1.165) is 6.07 Å². The first-order valence-corrected chi connectivity index (χ1v) is 5.63. The van der Waals surface area contributed by atoms with Crippen LogP contribution in [-0.4, -0.2) is 11.7 Å². The van der Waals surface area contributed by atoms with Gasteiger partial charge in [-0.1, -0.05) is 27.5 Å². The monoisotopic (exact) mass is 334 g/mol. The zero-order valence-corrected chi connectivity index (χ0v) is 10.6. The van der Waals surface area contributed by atoms with E-state index in [-0.39, 0.29) is 10.0 Å². The molecule has 88 valence electrons. The van der Waals surface area contributed by atoms with Gasteiger partial charge in [0.2, 0.25) is 0 Å². The molecule has 0 fully saturated rings. The fourth-order valence-electron chi connectivity index (χ4n) is 1.07. The zero-order chi connectivity index (χ0) is 12.5. The summed E-state index contributed by atoms with van der Waals surface area (Å²) in [4.78, 5) is 11.3. The molecule has 0 bridgehead atoms. The van der Waals surface area contributed by atoms with Gasteiger partial charge >= 0.3 is 6.18 Å². The van der Waals surface area contributed by atoms with Crippen molar-refractivity contribution in [1.82, 2.24) is 0 Å². The van der Waals surface area contributed by atoms with Crippen molar-refractivity contribution in [2.75, 3.05) is 5.88 Å². The van der Waals surface area contributed by atoms with Crippen molar-refractivity contribution in [1.29, 1.82) is 0 Å². The number of carbonyl (C=O) groups excluding carboxylic acids is 1. The molecule has 0 unspecified atom stereocenters. The maximum absolute atomic E-state index is 12.5. The number of Topliss-reactive ketones (excluding diaryl/α,β-unsaturated/α-hetero) is 1. The number of alkyl halides is 4. The Bertz CT molecular complexity index is 431. The van der Waals surface area contributed by atoms with Crippen LogP contribution in [0.15, 0.2) is 16.6 Å². The molecule has 0 aliphatic rings. The molecular weight excluding hydrogens is 332 g/mol. The van der Waals surface area contributed by atoms with E-state index in [0.29, 0.717) is 0 Å². The van der Waals surface area contributed by atoms with Gasteiger partial charge < -0.3 is 0 Å². The number of benzene rings is 1. The van der Waals surface area contributed by atoms with Gasteiger partial charge in [-0.2, -0.15) is 13.2 Å². The van der Waals surface area contributed by atoms with Gasteiger partial charge in [0.1, 0.15) is 0 Å². The fourth-order valence-corrected chi connectivity index (χ4v) is 1.99. The number of hydrogen-bond acceptors (Lipinski definition) is 1. The van der Waals surface area contributed by atoms with Crippen molar-refractivity contribution in [2.24, 2.45) is 0 Å². The minimum absolute atomic E-state index is 0.123. The molecule has 0 saturated carbocycles. The predicted molar refractivity (Wildman–Crippen MR) is 59.2 cm³/mol. The fraction of sp³-hybridized carbons (Fsp3) is 0.222. The lowest BCUT2D eigenvalue weighted by Crippen LogP contribution is -2.10. The molecular formula is C9H4BrCl2F3O. The quantitative estimate of drug-likeness (QED) is 0.572. The van der Waals surface area contributed by atoms with E-state index in [1.807, 2.05) is 0 Å². The standard InChI is InChI=1S/C9H4BrCl2F3O/c10-4-1-5(7(16)3-11)8(12)6(2-4)9(13,14)15/h1-2H,3H2. The Morgan fingerprint density at radius 2 is 1.94 bits per heavy atom. The summed E-state index contributed by atoms with van der Waals surface area (Å²) in [6.07, 6.45) is -4.61. The normalized spacial score (nSPS) is 11.6. The maximum Gasteiger partial charge on any atom is 0.417 e. The Hall–Kier alpha value is -0.260. The third kappa shape index (κ3) is 2.90. The van der Waals surface area contributed by atoms with Gasteiger partial charge in [-0.25, -0.2) is 0 Å². The highest BCUT2D eigenvalue weighted by atomic mass is 79.9. The SMILES string of the molecule is O=C(CCl)c1cc(Br)cc(C(F)(F)F)c1Cl. The van der Waals surface area contributed by atoms with E-state index in [1.54, 1.807) is 0 Å². The summed E-state index contributed by atoms with van der Waals surface area (Å²) in [5.74, 6) is -1.08. The van der Waals surface area contributed by atoms with Crippen molar-refractivity contribution in [2.45, 2.75) is 6.18 Å². The summed E-state index contributed by atoms with van der Waals surface area (Å²) in [6, 6.07) is 2.02. The summed E-state index contributed by atoms with van der Waals surface area (Å²) >= 11 is 13.7. The van der Waals surface area contributed by atoms with Crippen molar-refractivity contribution in [3.63, 3.8) is 0 Å². The smallest absolute Gasteiger partial charge is 0.293 e. The third-order valence-electron chi connectivity index (χ3n) is 1.76. The van der Waals surface area contributed by atoms with Crippen molar-refractivity contribution in [3.8, 4) is 0 Å². The molecule has 0 heterocycles. The number of ketones is 1. The lowest BCUT2D eigenvalue weighted by Gasteiger charge is -2.12. The molecule has 7 heteroatoms. The van der Waals surface area contributed by atoms with Crippen molar-refractivity contribution in [3.05, 3.63) is 32.8 Å². The molecule has 0 amide bonds. The lowest BCUT2D eigenvalue weighted by molar-refractivity contribution is -0.137. The molecule has 1 nitrogen and oxygen atoms in total. The summed E-state index contributed by atoms with van der Waals surface area (Å²) < 4.78 is 37.7. The first-order chi connectivity index (χ1) is 7.27. The Kier molecular flexibility index (Phi) is 4.26. The molecule has 0 aliphatic carbocycles. The van der Waals surface area contributed by atoms with Crippen LogP contribution >= 0.6 is 39.1 Å². The Morgan fingerprint density at radius 1 is 1.38 bits per heavy atom. The van der Waals surface area contributed by atoms with Crippen LogP contribution < -0.4 is 0 Å². The lowest BCUT2D eigenvalue weighted by atomic mass is 10.1. The largest absolute Gasteiger partial charge is 0.417 e. The van der Waals surface area contributed by atoms with Crippen LogP contribution in [0.3, 0.4) is 0 Å². The average molecular weight is 336 g/mol. The Labute approximate surface area is 108 Å². The first-order valence-electron chi connectivity index (χ1n) is 3.92. The van der Waals surface area contributed by atoms with Gasteiger partial charge in [0.05, 0.1) is 16.5 Å². The predicted octanol–water partition coefficient (Wildman–Crippen LogP) is 4.54. The molecule has 0 atom stereocenters. The van der Waals surface area contributed by atoms with Crippen LogP contribution in [0.5, 0.6) is 0 Å². The van der Waals surface area contributed by atoms with Crippen LogP contribution in [0.1, 0.15) is 15.9 Å². The minimum atomic E-state index is -4.61. The molecule has 1 aromatic carbocycles. The number of rotatable bonds is 2. The van der Waals surface area contributed by atoms with E-state index in [9.17, 15) is 18.0 Å². The van der Waals surface area contributed by atoms with Crippen LogP contribution in [0, 0.1) is 0 Å². The minimum Gasteiger partial charge on any atom is -0.293 e. The van der Waals surface area contributed by atoms with Crippen LogP contribution in [-0.2, 0) is 6.18 Å². The summed E-state index contributed by atoms with van der Waals surface area (Å²) in [5, 5.41) is -0.624. The maximum atomic E-state index is 12.5. The zero-order valence-electron chi connectivity index (χ0n) is 7.54. The Morgan fingerprint density at radius 3 is 2.38 bits per heavy atom. The molecule has 16 heavy (non-hydrogen) atoms. The second-order valence-electron chi connectivity index (χ2n) is 2.87. The van der Waals surface area contributed by atoms with Gasteiger partial charge in [-0.15, -0.1) is 11.6 Å². The summed E-state index contributed by atoms with van der Waals surface area (Å²) in [5.41, 5.74) is -1.30. The second-order valence-corrected chi connectivity index (χ2v) is 4.43. The average Bonchev–Trinajstić information content (AvgIpc) is 2.18. The van der Waals surface area contributed by atoms with Gasteiger partial charge in [0.25, 0.3) is 0 Å². The van der Waals surface area contributed by atoms with E-state index in [4.69, 9.17) is 23.2 Å². The second kappa shape index (κ2) is 4.94. The van der Waals surface area contributed by atoms with E-state index < -0.39 is 28.4 Å². The molecule has 1 rings (SSSR count). The van der Waals surface area contributed by atoms with Crippen LogP contribution in [0.25, 0.3) is 0 Å². The van der Waals surface area contributed by atoms with Crippen LogP contribution in [0.2, 0.25) is 5.02 Å². The highest BCUT2D eigenvalue weighted by molar-refractivity contribution is 9.10. The van der Waals surface area contributed by atoms with Gasteiger partial charge in [-0.05, 0) is 12.1 Å². The summed E-state index contributed by atoms with van der Waals surface area (Å²) in [7, 11) is 0. The van der Waals surface area contributed by atoms with E-state index >= 15 is 0 Å². The number of carbonyl (C=O) groups is 1. The third-order valence-corrected chi connectivity index (χ3v) is 2.87. The number of halogens is 6. The molecule has 1 aromatic rings. The summed E-state index contributed by atoms with van der Waals surface area (Å²) in [6.45, 7) is 0. The van der Waals surface area contributed by atoms with Gasteiger partial charge in [0.15, 0.2) is 5.78 Å². The van der Waals surface area contributed by atoms with Crippen LogP contribution in [0.4, 0.5) is 13.2 Å². The molecule has 0 saturated heterocycles. The molecule has 0 N–H and O–H groups in total. The van der Waals surface area contributed by atoms with Gasteiger partial charge in [-0.3, -0.25) is 4.79 Å². The number of hydrogen-bond donors (Lipinski definition) is 0. The van der Waals surface area contributed by atoms with Gasteiger partial charge in [0, 0.05) is 10.0 Å². The van der Waals surface area contributed by atoms with Crippen molar-refractivity contribution >= 4 is 44.9 Å². The van der Waals surface area contributed by atoms with E-state index in [2.05, 4.69) is 15.9 Å². The first kappa shape index (κ1) is 13.8. The highest BCUT2D eigenvalue weighted by Crippen LogP contribution is 2.38. The highest BCUT2D eigenvalue weighted by Gasteiger charge is 2.35. The van der Waals surface area contributed by atoms with Crippen molar-refractivity contribution < 1.29 is 18.0 Å².